The van der Waals surface area contributed by atoms with Crippen LogP contribution < -0.4 is 0 Å². The Morgan fingerprint density at radius 3 is 1.36 bits per heavy atom. The highest BCUT2D eigenvalue weighted by atomic mass is 16.5. The normalized spacial score (nSPS) is 45.8. The standard InChI is InChI=1S/C28H48N2O3/c1-3-7-27-21(5-1)17-29(19-31-27)23-9-13-25(14-10-23)33-26-15-11-24(12-16-26)30-18-22-6-2-4-8-28(22)32-20-30/h21-28H,1-20H2. The first-order valence-electron chi connectivity index (χ1n) is 14.7. The Kier molecular flexibility index (Phi) is 7.61. The maximum atomic E-state index is 6.68. The summed E-state index contributed by atoms with van der Waals surface area (Å²) >= 11 is 0. The maximum absolute atomic E-state index is 6.68. The molecule has 0 aromatic heterocycles. The SMILES string of the molecule is C1CCC2OCN(C3CCC(OC4CCC(N5COC6CCCCC6C5)CC4)CC3)CC2C1. The summed E-state index contributed by atoms with van der Waals surface area (Å²) in [7, 11) is 0. The maximum Gasteiger partial charge on any atom is 0.0996 e. The Labute approximate surface area is 201 Å². The summed E-state index contributed by atoms with van der Waals surface area (Å²) in [5.74, 6) is 1.59. The average molecular weight is 461 g/mol. The van der Waals surface area contributed by atoms with Crippen molar-refractivity contribution in [1.29, 1.82) is 0 Å². The van der Waals surface area contributed by atoms with E-state index >= 15 is 0 Å². The summed E-state index contributed by atoms with van der Waals surface area (Å²) in [5.41, 5.74) is 0. The Morgan fingerprint density at radius 2 is 0.909 bits per heavy atom. The highest BCUT2D eigenvalue weighted by Gasteiger charge is 2.38. The van der Waals surface area contributed by atoms with Crippen molar-refractivity contribution in [2.75, 3.05) is 26.6 Å². The topological polar surface area (TPSA) is 34.2 Å². The fourth-order valence-electron chi connectivity index (χ4n) is 8.17. The minimum absolute atomic E-state index is 0.497. The molecule has 5 heteroatoms. The number of ether oxygens (including phenoxy) is 3. The highest BCUT2D eigenvalue weighted by Crippen LogP contribution is 2.37. The Balaban J connectivity index is 0.903. The number of rotatable bonds is 4. The molecule has 2 heterocycles. The van der Waals surface area contributed by atoms with Gasteiger partial charge in [-0.1, -0.05) is 25.7 Å². The van der Waals surface area contributed by atoms with Gasteiger partial charge in [0.15, 0.2) is 0 Å². The van der Waals surface area contributed by atoms with Crippen molar-refractivity contribution in [3.63, 3.8) is 0 Å². The molecule has 4 unspecified atom stereocenters. The molecular formula is C28H48N2O3. The number of fused-ring (bicyclic) bond motifs is 2. The summed E-state index contributed by atoms with van der Waals surface area (Å²) in [6, 6.07) is 1.46. The Morgan fingerprint density at radius 1 is 0.485 bits per heavy atom. The average Bonchev–Trinajstić information content (AvgIpc) is 2.89. The molecule has 0 radical (unpaired) electrons. The summed E-state index contributed by atoms with van der Waals surface area (Å²) in [6.07, 6.45) is 23.2. The van der Waals surface area contributed by atoms with Gasteiger partial charge in [-0.3, -0.25) is 9.80 Å². The van der Waals surface area contributed by atoms with Crippen LogP contribution in [-0.4, -0.2) is 72.9 Å². The first-order valence-corrected chi connectivity index (χ1v) is 14.7. The molecule has 4 saturated carbocycles. The summed E-state index contributed by atoms with van der Waals surface area (Å²) < 4.78 is 19.2. The van der Waals surface area contributed by atoms with Gasteiger partial charge in [0.1, 0.15) is 0 Å². The second-order valence-electron chi connectivity index (χ2n) is 12.3. The molecule has 2 aliphatic heterocycles. The van der Waals surface area contributed by atoms with Gasteiger partial charge in [-0.25, -0.2) is 0 Å². The lowest BCUT2D eigenvalue weighted by Gasteiger charge is -2.46. The lowest BCUT2D eigenvalue weighted by molar-refractivity contribution is -0.144. The van der Waals surface area contributed by atoms with E-state index in [-0.39, 0.29) is 0 Å². The van der Waals surface area contributed by atoms with Crippen molar-refractivity contribution >= 4 is 0 Å². The summed E-state index contributed by atoms with van der Waals surface area (Å²) in [5, 5.41) is 0. The molecule has 5 nitrogen and oxygen atoms in total. The molecule has 0 aromatic rings. The molecule has 4 aliphatic carbocycles. The van der Waals surface area contributed by atoms with Gasteiger partial charge in [0.2, 0.25) is 0 Å². The molecule has 33 heavy (non-hydrogen) atoms. The monoisotopic (exact) mass is 460 g/mol. The van der Waals surface area contributed by atoms with Crippen molar-refractivity contribution in [1.82, 2.24) is 9.80 Å². The second-order valence-corrected chi connectivity index (χ2v) is 12.3. The van der Waals surface area contributed by atoms with Gasteiger partial charge in [0, 0.05) is 25.2 Å². The van der Waals surface area contributed by atoms with E-state index in [1.54, 1.807) is 0 Å². The van der Waals surface area contributed by atoms with Gasteiger partial charge in [0.05, 0.1) is 37.9 Å². The van der Waals surface area contributed by atoms with E-state index in [0.29, 0.717) is 24.4 Å². The third-order valence-corrected chi connectivity index (χ3v) is 10.2. The minimum atomic E-state index is 0.497. The lowest BCUT2D eigenvalue weighted by Crippen LogP contribution is -2.52. The zero-order chi connectivity index (χ0) is 22.0. The Hall–Kier alpha value is -0.200. The van der Waals surface area contributed by atoms with E-state index in [4.69, 9.17) is 14.2 Å². The Bertz CT molecular complexity index is 564. The largest absolute Gasteiger partial charge is 0.375 e. The van der Waals surface area contributed by atoms with Crippen molar-refractivity contribution in [2.24, 2.45) is 11.8 Å². The van der Waals surface area contributed by atoms with E-state index in [1.165, 1.54) is 116 Å². The van der Waals surface area contributed by atoms with E-state index in [9.17, 15) is 0 Å². The molecule has 0 amide bonds. The van der Waals surface area contributed by atoms with Crippen LogP contribution in [0.2, 0.25) is 0 Å². The van der Waals surface area contributed by atoms with Crippen LogP contribution in [0.5, 0.6) is 0 Å². The molecule has 2 saturated heterocycles. The summed E-state index contributed by atoms with van der Waals surface area (Å²) in [6.45, 7) is 4.33. The molecular weight excluding hydrogens is 412 g/mol. The van der Waals surface area contributed by atoms with Crippen LogP contribution in [0.1, 0.15) is 103 Å². The molecule has 0 bridgehead atoms. The van der Waals surface area contributed by atoms with Gasteiger partial charge in [0.25, 0.3) is 0 Å². The number of nitrogens with zero attached hydrogens (tertiary/aromatic N) is 2. The van der Waals surface area contributed by atoms with Gasteiger partial charge < -0.3 is 14.2 Å². The predicted octanol–water partition coefficient (Wildman–Crippen LogP) is 5.32. The van der Waals surface area contributed by atoms with Crippen molar-refractivity contribution < 1.29 is 14.2 Å². The molecule has 188 valence electrons. The van der Waals surface area contributed by atoms with E-state index in [0.717, 1.165) is 37.4 Å². The van der Waals surface area contributed by atoms with Crippen molar-refractivity contribution in [3.05, 3.63) is 0 Å². The van der Waals surface area contributed by atoms with Crippen LogP contribution in [0.15, 0.2) is 0 Å². The fraction of sp³-hybridized carbons (Fsp3) is 1.00. The molecule has 6 fully saturated rings. The van der Waals surface area contributed by atoms with Gasteiger partial charge in [-0.05, 0) is 88.9 Å². The molecule has 0 aromatic carbocycles. The van der Waals surface area contributed by atoms with Crippen LogP contribution in [0.3, 0.4) is 0 Å². The van der Waals surface area contributed by atoms with Gasteiger partial charge in [-0.2, -0.15) is 0 Å². The zero-order valence-electron chi connectivity index (χ0n) is 20.9. The third kappa shape index (κ3) is 5.48. The quantitative estimate of drug-likeness (QED) is 0.567. The zero-order valence-corrected chi connectivity index (χ0v) is 20.9. The molecule has 6 rings (SSSR count). The first kappa shape index (κ1) is 23.2. The van der Waals surface area contributed by atoms with Gasteiger partial charge >= 0.3 is 0 Å². The van der Waals surface area contributed by atoms with E-state index in [1.807, 2.05) is 0 Å². The van der Waals surface area contributed by atoms with E-state index in [2.05, 4.69) is 9.80 Å². The molecule has 4 atom stereocenters. The first-order chi connectivity index (χ1) is 16.3. The molecule has 0 spiro atoms. The van der Waals surface area contributed by atoms with Crippen LogP contribution in [-0.2, 0) is 14.2 Å². The van der Waals surface area contributed by atoms with Crippen LogP contribution >= 0.6 is 0 Å². The number of hydrogen-bond donors (Lipinski definition) is 0. The second kappa shape index (κ2) is 10.8. The van der Waals surface area contributed by atoms with Crippen molar-refractivity contribution in [3.8, 4) is 0 Å². The highest BCUT2D eigenvalue weighted by molar-refractivity contribution is 4.89. The van der Waals surface area contributed by atoms with Crippen LogP contribution in [0.25, 0.3) is 0 Å². The lowest BCUT2D eigenvalue weighted by atomic mass is 9.83. The van der Waals surface area contributed by atoms with Gasteiger partial charge in [-0.15, -0.1) is 0 Å². The predicted molar refractivity (Wildman–Crippen MR) is 130 cm³/mol. The fourth-order valence-corrected chi connectivity index (χ4v) is 8.17. The van der Waals surface area contributed by atoms with Crippen LogP contribution in [0.4, 0.5) is 0 Å². The molecule has 6 aliphatic rings. The smallest absolute Gasteiger partial charge is 0.0996 e. The number of hydrogen-bond acceptors (Lipinski definition) is 5. The van der Waals surface area contributed by atoms with Crippen molar-refractivity contribution in [2.45, 2.75) is 139 Å². The summed E-state index contributed by atoms with van der Waals surface area (Å²) in [4.78, 5) is 5.34. The van der Waals surface area contributed by atoms with E-state index < -0.39 is 0 Å². The molecule has 0 N–H and O–H groups in total. The van der Waals surface area contributed by atoms with Crippen LogP contribution in [0, 0.1) is 11.8 Å². The third-order valence-electron chi connectivity index (χ3n) is 10.2. The minimum Gasteiger partial charge on any atom is -0.375 e.